The summed E-state index contributed by atoms with van der Waals surface area (Å²) in [5.41, 5.74) is 5.87. The molecular formula is C29H31BrN6O2. The molecule has 0 aliphatic heterocycles. The zero-order chi connectivity index (χ0) is 27.1. The number of carbonyl (C=O) groups is 2. The van der Waals surface area contributed by atoms with Crippen LogP contribution in [0.4, 0.5) is 11.5 Å². The molecule has 2 heterocycles. The number of aromatic nitrogens is 3. The van der Waals surface area contributed by atoms with Crippen LogP contribution in [-0.2, 0) is 4.79 Å². The number of carbonyl (C=O) groups excluding carboxylic acids is 2. The largest absolute Gasteiger partial charge is 0.370 e. The van der Waals surface area contributed by atoms with Crippen LogP contribution in [-0.4, -0.2) is 39.5 Å². The van der Waals surface area contributed by atoms with Gasteiger partial charge in [0.2, 0.25) is 5.91 Å². The lowest BCUT2D eigenvalue weighted by Crippen LogP contribution is -2.24. The molecule has 0 radical (unpaired) electrons. The van der Waals surface area contributed by atoms with Gasteiger partial charge < -0.3 is 16.0 Å². The van der Waals surface area contributed by atoms with Crippen LogP contribution in [0.15, 0.2) is 77.4 Å². The van der Waals surface area contributed by atoms with E-state index in [1.54, 1.807) is 35.0 Å². The molecule has 3 N–H and O–H groups in total. The van der Waals surface area contributed by atoms with Crippen molar-refractivity contribution in [3.63, 3.8) is 0 Å². The molecule has 8 nitrogen and oxygen atoms in total. The molecule has 0 bridgehead atoms. The SMILES string of the molecule is C=C(C)CC(=O)Nc1ccc(C(=O)NCCCCNc2cc(-c3ccccc3C)nc3c(Br)cnn23)cc1. The third-order valence-electron chi connectivity index (χ3n) is 5.94. The fraction of sp³-hybridized carbons (Fsp3) is 0.241. The number of anilines is 2. The number of fused-ring (bicyclic) bond motifs is 1. The van der Waals surface area contributed by atoms with Gasteiger partial charge in [0.1, 0.15) is 5.82 Å². The van der Waals surface area contributed by atoms with Gasteiger partial charge in [-0.15, -0.1) is 0 Å². The van der Waals surface area contributed by atoms with Crippen LogP contribution in [0.1, 0.15) is 42.1 Å². The summed E-state index contributed by atoms with van der Waals surface area (Å²) in [6.45, 7) is 8.90. The highest BCUT2D eigenvalue weighted by Crippen LogP contribution is 2.27. The van der Waals surface area contributed by atoms with Crippen LogP contribution in [0, 0.1) is 6.92 Å². The first-order valence-electron chi connectivity index (χ1n) is 12.5. The smallest absolute Gasteiger partial charge is 0.251 e. The maximum atomic E-state index is 12.5. The van der Waals surface area contributed by atoms with Gasteiger partial charge in [0, 0.05) is 42.4 Å². The molecule has 2 aromatic carbocycles. The summed E-state index contributed by atoms with van der Waals surface area (Å²) in [5, 5.41) is 13.7. The molecule has 0 aliphatic rings. The Balaban J connectivity index is 1.27. The molecule has 9 heteroatoms. The Labute approximate surface area is 230 Å². The number of nitrogens with zero attached hydrogens (tertiary/aromatic N) is 3. The number of benzene rings is 2. The third-order valence-corrected chi connectivity index (χ3v) is 6.50. The Morgan fingerprint density at radius 1 is 1.05 bits per heavy atom. The summed E-state index contributed by atoms with van der Waals surface area (Å²) in [4.78, 5) is 29.1. The molecule has 0 fully saturated rings. The quantitative estimate of drug-likeness (QED) is 0.151. The lowest BCUT2D eigenvalue weighted by atomic mass is 10.1. The Bertz CT molecular complexity index is 1460. The summed E-state index contributed by atoms with van der Waals surface area (Å²) < 4.78 is 2.62. The van der Waals surface area contributed by atoms with E-state index in [0.29, 0.717) is 17.8 Å². The number of rotatable bonds is 11. The van der Waals surface area contributed by atoms with Crippen molar-refractivity contribution in [2.24, 2.45) is 0 Å². The van der Waals surface area contributed by atoms with Crippen molar-refractivity contribution >= 4 is 44.9 Å². The lowest BCUT2D eigenvalue weighted by molar-refractivity contribution is -0.115. The molecule has 2 amide bonds. The number of hydrogen-bond acceptors (Lipinski definition) is 5. The molecule has 0 atom stereocenters. The van der Waals surface area contributed by atoms with Crippen molar-refractivity contribution in [3.8, 4) is 11.3 Å². The standard InChI is InChI=1S/C29H31BrN6O2/c1-19(2)16-27(37)34-22-12-10-21(11-13-22)29(38)32-15-7-6-14-31-26-17-25(23-9-5-4-8-20(23)3)35-28-24(30)18-33-36(26)28/h4-5,8-13,17-18,31H,1,6-7,14-16H2,2-3H3,(H,32,38)(H,34,37). The molecule has 0 saturated carbocycles. The van der Waals surface area contributed by atoms with Crippen LogP contribution in [0.3, 0.4) is 0 Å². The maximum absolute atomic E-state index is 12.5. The van der Waals surface area contributed by atoms with Crippen LogP contribution in [0.25, 0.3) is 16.9 Å². The van der Waals surface area contributed by atoms with Gasteiger partial charge in [0.25, 0.3) is 5.91 Å². The van der Waals surface area contributed by atoms with Crippen molar-refractivity contribution in [1.82, 2.24) is 19.9 Å². The Morgan fingerprint density at radius 3 is 2.53 bits per heavy atom. The lowest BCUT2D eigenvalue weighted by Gasteiger charge is -2.12. The molecular weight excluding hydrogens is 544 g/mol. The van der Waals surface area contributed by atoms with E-state index in [2.05, 4.69) is 62.6 Å². The maximum Gasteiger partial charge on any atom is 0.251 e. The van der Waals surface area contributed by atoms with Crippen molar-refractivity contribution in [2.75, 3.05) is 23.7 Å². The van der Waals surface area contributed by atoms with Gasteiger partial charge in [0.15, 0.2) is 5.65 Å². The van der Waals surface area contributed by atoms with Crippen molar-refractivity contribution in [3.05, 3.63) is 88.5 Å². The highest BCUT2D eigenvalue weighted by atomic mass is 79.9. The number of nitrogens with one attached hydrogen (secondary N) is 3. The predicted molar refractivity (Wildman–Crippen MR) is 155 cm³/mol. The molecule has 2 aromatic heterocycles. The van der Waals surface area contributed by atoms with Crippen LogP contribution in [0.2, 0.25) is 0 Å². The van der Waals surface area contributed by atoms with Crippen molar-refractivity contribution in [2.45, 2.75) is 33.1 Å². The molecule has 4 aromatic rings. The van der Waals surface area contributed by atoms with Gasteiger partial charge in [-0.25, -0.2) is 4.98 Å². The minimum absolute atomic E-state index is 0.123. The first kappa shape index (κ1) is 27.1. The van der Waals surface area contributed by atoms with Crippen LogP contribution in [0.5, 0.6) is 0 Å². The summed E-state index contributed by atoms with van der Waals surface area (Å²) >= 11 is 3.55. The zero-order valence-corrected chi connectivity index (χ0v) is 23.1. The van der Waals surface area contributed by atoms with Crippen molar-refractivity contribution < 1.29 is 9.59 Å². The van der Waals surface area contributed by atoms with Gasteiger partial charge in [-0.05, 0) is 72.4 Å². The second-order valence-electron chi connectivity index (χ2n) is 9.22. The van der Waals surface area contributed by atoms with E-state index >= 15 is 0 Å². The van der Waals surface area contributed by atoms with Gasteiger partial charge in [-0.3, -0.25) is 9.59 Å². The Morgan fingerprint density at radius 2 is 1.79 bits per heavy atom. The normalized spacial score (nSPS) is 10.8. The minimum Gasteiger partial charge on any atom is -0.370 e. The van der Waals surface area contributed by atoms with Crippen LogP contribution >= 0.6 is 15.9 Å². The van der Waals surface area contributed by atoms with E-state index in [9.17, 15) is 9.59 Å². The average Bonchev–Trinajstić information content (AvgIpc) is 3.26. The first-order valence-corrected chi connectivity index (χ1v) is 13.3. The molecule has 196 valence electrons. The van der Waals surface area contributed by atoms with E-state index < -0.39 is 0 Å². The van der Waals surface area contributed by atoms with Gasteiger partial charge in [-0.2, -0.15) is 9.61 Å². The minimum atomic E-state index is -0.141. The monoisotopic (exact) mass is 574 g/mol. The molecule has 0 unspecified atom stereocenters. The van der Waals surface area contributed by atoms with Crippen molar-refractivity contribution in [1.29, 1.82) is 0 Å². The Hall–Kier alpha value is -3.98. The summed E-state index contributed by atoms with van der Waals surface area (Å²) in [5.74, 6) is 0.596. The van der Waals surface area contributed by atoms with Gasteiger partial charge in [-0.1, -0.05) is 36.4 Å². The average molecular weight is 576 g/mol. The number of hydrogen-bond donors (Lipinski definition) is 3. The molecule has 0 spiro atoms. The van der Waals surface area contributed by atoms with E-state index in [1.807, 2.05) is 25.1 Å². The second kappa shape index (κ2) is 12.5. The topological polar surface area (TPSA) is 100 Å². The Kier molecular flexibility index (Phi) is 8.91. The summed E-state index contributed by atoms with van der Waals surface area (Å²) in [6.07, 6.45) is 3.69. The fourth-order valence-electron chi connectivity index (χ4n) is 4.01. The molecule has 4 rings (SSSR count). The molecule has 0 aliphatic carbocycles. The van der Waals surface area contributed by atoms with E-state index in [4.69, 9.17) is 4.98 Å². The fourth-order valence-corrected chi connectivity index (χ4v) is 4.36. The number of amides is 2. The predicted octanol–water partition coefficient (Wildman–Crippen LogP) is 5.99. The first-order chi connectivity index (χ1) is 18.3. The second-order valence-corrected chi connectivity index (χ2v) is 10.1. The molecule has 38 heavy (non-hydrogen) atoms. The summed E-state index contributed by atoms with van der Waals surface area (Å²) in [6, 6.07) is 17.0. The zero-order valence-electron chi connectivity index (χ0n) is 21.6. The van der Waals surface area contributed by atoms with E-state index in [-0.39, 0.29) is 18.2 Å². The van der Waals surface area contributed by atoms with Gasteiger partial charge in [0.05, 0.1) is 16.4 Å². The van der Waals surface area contributed by atoms with Crippen LogP contribution < -0.4 is 16.0 Å². The summed E-state index contributed by atoms with van der Waals surface area (Å²) in [7, 11) is 0. The highest BCUT2D eigenvalue weighted by Gasteiger charge is 2.13. The third kappa shape index (κ3) is 6.86. The number of aryl methyl sites for hydroxylation is 1. The highest BCUT2D eigenvalue weighted by molar-refractivity contribution is 9.10. The number of halogens is 1. The number of unbranched alkanes of at least 4 members (excludes halogenated alkanes) is 1. The van der Waals surface area contributed by atoms with E-state index in [0.717, 1.165) is 57.7 Å². The van der Waals surface area contributed by atoms with E-state index in [1.165, 1.54) is 0 Å². The molecule has 0 saturated heterocycles. The van der Waals surface area contributed by atoms with Gasteiger partial charge >= 0.3 is 0 Å².